The Morgan fingerprint density at radius 2 is 2.00 bits per heavy atom. The van der Waals surface area contributed by atoms with E-state index >= 15 is 0 Å². The molecule has 0 amide bonds. The van der Waals surface area contributed by atoms with Gasteiger partial charge >= 0.3 is 0 Å². The molecule has 7 unspecified atom stereocenters. The summed E-state index contributed by atoms with van der Waals surface area (Å²) in [4.78, 5) is 0. The third kappa shape index (κ3) is 3.75. The summed E-state index contributed by atoms with van der Waals surface area (Å²) in [6.45, 7) is 1.29. The fraction of sp³-hybridized carbons (Fsp3) is 0.733. The van der Waals surface area contributed by atoms with Gasteiger partial charge in [-0.2, -0.15) is 0 Å². The molecule has 0 radical (unpaired) electrons. The first-order chi connectivity index (χ1) is 10.5. The largest absolute Gasteiger partial charge is 0.394 e. The van der Waals surface area contributed by atoms with Crippen LogP contribution in [0.2, 0.25) is 0 Å². The van der Waals surface area contributed by atoms with Gasteiger partial charge in [-0.05, 0) is 25.3 Å². The molecule has 7 heteroatoms. The Labute approximate surface area is 129 Å². The average Bonchev–Trinajstić information content (AvgIpc) is 2.52. The molecule has 6 N–H and O–H groups in total. The molecule has 1 heterocycles. The van der Waals surface area contributed by atoms with Gasteiger partial charge < -0.3 is 35.6 Å². The molecule has 2 rings (SSSR count). The molecular weight excluding hydrogens is 290 g/mol. The Bertz CT molecular complexity index is 422. The minimum Gasteiger partial charge on any atom is -0.394 e. The molecule has 7 nitrogen and oxygen atoms in total. The van der Waals surface area contributed by atoms with Crippen molar-refractivity contribution in [2.75, 3.05) is 6.61 Å². The normalized spacial score (nSPS) is 38.5. The lowest BCUT2D eigenvalue weighted by molar-refractivity contribution is -0.309. The standard InChI is InChI=1S/C15H25NO6/c1-8(16)14(9-5-3-2-4-6-9)22-15-13(20)12(19)11(18)10(7-17)21-15/h3,5-6,8,10-15,17-20H,2,4,7,16H2,1H3. The molecule has 0 bridgehead atoms. The quantitative estimate of drug-likeness (QED) is 0.431. The van der Waals surface area contributed by atoms with Crippen LogP contribution >= 0.6 is 0 Å². The molecule has 1 aliphatic carbocycles. The predicted molar refractivity (Wildman–Crippen MR) is 78.7 cm³/mol. The second kappa shape index (κ2) is 7.65. The zero-order chi connectivity index (χ0) is 16.3. The van der Waals surface area contributed by atoms with Crippen molar-refractivity contribution < 1.29 is 29.9 Å². The van der Waals surface area contributed by atoms with Gasteiger partial charge in [-0.1, -0.05) is 18.2 Å². The van der Waals surface area contributed by atoms with Gasteiger partial charge in [-0.3, -0.25) is 0 Å². The lowest BCUT2D eigenvalue weighted by atomic mass is 9.96. The summed E-state index contributed by atoms with van der Waals surface area (Å²) in [6, 6.07) is -0.360. The summed E-state index contributed by atoms with van der Waals surface area (Å²) < 4.78 is 11.1. The van der Waals surface area contributed by atoms with Crippen molar-refractivity contribution in [1.29, 1.82) is 0 Å². The maximum absolute atomic E-state index is 10.0. The number of aliphatic hydroxyl groups is 4. The number of hydrogen-bond acceptors (Lipinski definition) is 7. The highest BCUT2D eigenvalue weighted by Gasteiger charge is 2.45. The first kappa shape index (κ1) is 17.6. The Kier molecular flexibility index (Phi) is 6.10. The fourth-order valence-corrected chi connectivity index (χ4v) is 2.68. The van der Waals surface area contributed by atoms with Crippen molar-refractivity contribution in [1.82, 2.24) is 0 Å². The summed E-state index contributed by atoms with van der Waals surface area (Å²) in [7, 11) is 0. The number of aliphatic hydroxyl groups excluding tert-OH is 4. The molecule has 1 fully saturated rings. The molecule has 126 valence electrons. The van der Waals surface area contributed by atoms with Crippen molar-refractivity contribution in [3.63, 3.8) is 0 Å². The molecule has 0 aromatic rings. The minimum absolute atomic E-state index is 0.360. The van der Waals surface area contributed by atoms with Crippen LogP contribution in [-0.4, -0.2) is 69.9 Å². The van der Waals surface area contributed by atoms with Gasteiger partial charge in [-0.25, -0.2) is 0 Å². The van der Waals surface area contributed by atoms with E-state index in [2.05, 4.69) is 0 Å². The van der Waals surface area contributed by atoms with Gasteiger partial charge in [-0.15, -0.1) is 0 Å². The van der Waals surface area contributed by atoms with Gasteiger partial charge in [0, 0.05) is 6.04 Å². The molecule has 0 aromatic heterocycles. The summed E-state index contributed by atoms with van der Waals surface area (Å²) in [5.74, 6) is 0. The molecule has 0 aromatic carbocycles. The van der Waals surface area contributed by atoms with Crippen LogP contribution in [0.15, 0.2) is 23.8 Å². The molecule has 0 saturated carbocycles. The van der Waals surface area contributed by atoms with Gasteiger partial charge in [0.1, 0.15) is 30.5 Å². The molecular formula is C15H25NO6. The first-order valence-electron chi connectivity index (χ1n) is 7.54. The van der Waals surface area contributed by atoms with Crippen LogP contribution in [0.25, 0.3) is 0 Å². The first-order valence-corrected chi connectivity index (χ1v) is 7.54. The summed E-state index contributed by atoms with van der Waals surface area (Å²) in [5, 5.41) is 38.8. The van der Waals surface area contributed by atoms with Crippen LogP contribution in [0.4, 0.5) is 0 Å². The Morgan fingerprint density at radius 3 is 2.55 bits per heavy atom. The number of hydrogen-bond donors (Lipinski definition) is 5. The van der Waals surface area contributed by atoms with Crippen molar-refractivity contribution in [2.45, 2.75) is 62.6 Å². The van der Waals surface area contributed by atoms with E-state index < -0.39 is 43.4 Å². The van der Waals surface area contributed by atoms with Crippen LogP contribution in [-0.2, 0) is 9.47 Å². The monoisotopic (exact) mass is 315 g/mol. The van der Waals surface area contributed by atoms with E-state index in [1.54, 1.807) is 6.92 Å². The zero-order valence-electron chi connectivity index (χ0n) is 12.6. The fourth-order valence-electron chi connectivity index (χ4n) is 2.68. The number of rotatable bonds is 5. The average molecular weight is 315 g/mol. The molecule has 22 heavy (non-hydrogen) atoms. The number of allylic oxidation sites excluding steroid dienone is 2. The Morgan fingerprint density at radius 1 is 1.27 bits per heavy atom. The Balaban J connectivity index is 2.11. The lowest BCUT2D eigenvalue weighted by Crippen LogP contribution is -2.60. The SMILES string of the molecule is CC(N)C(OC1OC(CO)C(O)C(O)C1O)C1=CCCC=C1. The van der Waals surface area contributed by atoms with E-state index in [9.17, 15) is 20.4 Å². The van der Waals surface area contributed by atoms with Gasteiger partial charge in [0.25, 0.3) is 0 Å². The predicted octanol–water partition coefficient (Wildman–Crippen LogP) is -1.20. The second-order valence-electron chi connectivity index (χ2n) is 5.80. The summed E-state index contributed by atoms with van der Waals surface area (Å²) >= 11 is 0. The van der Waals surface area contributed by atoms with E-state index in [0.29, 0.717) is 0 Å². The van der Waals surface area contributed by atoms with E-state index in [0.717, 1.165) is 18.4 Å². The van der Waals surface area contributed by atoms with Crippen molar-refractivity contribution in [2.24, 2.45) is 5.73 Å². The van der Waals surface area contributed by atoms with Crippen LogP contribution in [0.3, 0.4) is 0 Å². The maximum Gasteiger partial charge on any atom is 0.187 e. The van der Waals surface area contributed by atoms with E-state index in [-0.39, 0.29) is 6.04 Å². The third-order valence-corrected chi connectivity index (χ3v) is 3.96. The van der Waals surface area contributed by atoms with Crippen molar-refractivity contribution in [3.8, 4) is 0 Å². The van der Waals surface area contributed by atoms with E-state index in [4.69, 9.17) is 15.2 Å². The molecule has 1 aliphatic heterocycles. The summed E-state index contributed by atoms with van der Waals surface area (Å²) in [5.41, 5.74) is 6.85. The van der Waals surface area contributed by atoms with Gasteiger partial charge in [0.2, 0.25) is 0 Å². The zero-order valence-corrected chi connectivity index (χ0v) is 12.6. The highest BCUT2D eigenvalue weighted by atomic mass is 16.7. The summed E-state index contributed by atoms with van der Waals surface area (Å²) in [6.07, 6.45) is 0.812. The van der Waals surface area contributed by atoms with Gasteiger partial charge in [0.15, 0.2) is 6.29 Å². The van der Waals surface area contributed by atoms with Crippen molar-refractivity contribution in [3.05, 3.63) is 23.8 Å². The number of ether oxygens (including phenoxy) is 2. The smallest absolute Gasteiger partial charge is 0.187 e. The van der Waals surface area contributed by atoms with Gasteiger partial charge in [0.05, 0.1) is 6.61 Å². The van der Waals surface area contributed by atoms with E-state index in [1.807, 2.05) is 18.2 Å². The third-order valence-electron chi connectivity index (χ3n) is 3.96. The Hall–Kier alpha value is -0.800. The molecule has 0 spiro atoms. The van der Waals surface area contributed by atoms with Crippen LogP contribution in [0.5, 0.6) is 0 Å². The highest BCUT2D eigenvalue weighted by molar-refractivity contribution is 5.27. The second-order valence-corrected chi connectivity index (χ2v) is 5.80. The topological polar surface area (TPSA) is 125 Å². The minimum atomic E-state index is -1.46. The molecule has 1 saturated heterocycles. The van der Waals surface area contributed by atoms with E-state index in [1.165, 1.54) is 0 Å². The van der Waals surface area contributed by atoms with Crippen molar-refractivity contribution >= 4 is 0 Å². The van der Waals surface area contributed by atoms with Crippen LogP contribution in [0.1, 0.15) is 19.8 Å². The number of nitrogens with two attached hydrogens (primary N) is 1. The highest BCUT2D eigenvalue weighted by Crippen LogP contribution is 2.26. The lowest BCUT2D eigenvalue weighted by Gasteiger charge is -2.41. The molecule has 2 aliphatic rings. The van der Waals surface area contributed by atoms with Crippen LogP contribution in [0, 0.1) is 0 Å². The maximum atomic E-state index is 10.0. The van der Waals surface area contributed by atoms with Crippen LogP contribution < -0.4 is 5.73 Å². The molecule has 7 atom stereocenters.